The molecule has 6 heterocycles. The largest absolute Gasteiger partial charge is 0.417 e. The topological polar surface area (TPSA) is 84.1 Å². The lowest BCUT2D eigenvalue weighted by Crippen LogP contribution is -2.36. The first-order valence-electron chi connectivity index (χ1n) is 16.2. The Morgan fingerprint density at radius 1 is 1.12 bits per heavy atom. The van der Waals surface area contributed by atoms with Crippen LogP contribution >= 0.6 is 0 Å². The number of nitrogens with one attached hydrogen (secondary N) is 1. The van der Waals surface area contributed by atoms with E-state index in [9.17, 15) is 22.8 Å². The molecule has 2 atom stereocenters. The van der Waals surface area contributed by atoms with Gasteiger partial charge in [0.05, 0.1) is 47.0 Å². The second-order valence-electron chi connectivity index (χ2n) is 13.1. The Morgan fingerprint density at radius 3 is 2.60 bits per heavy atom. The highest BCUT2D eigenvalue weighted by molar-refractivity contribution is 6.11. The molecule has 1 amide bonds. The van der Waals surface area contributed by atoms with E-state index in [1.807, 2.05) is 0 Å². The van der Waals surface area contributed by atoms with Gasteiger partial charge >= 0.3 is 6.18 Å². The van der Waals surface area contributed by atoms with Crippen molar-refractivity contribution in [2.24, 2.45) is 7.05 Å². The molecule has 0 unspecified atom stereocenters. The Kier molecular flexibility index (Phi) is 7.56. The minimum absolute atomic E-state index is 0.0231. The van der Waals surface area contributed by atoms with Crippen molar-refractivity contribution in [3.8, 4) is 11.1 Å². The van der Waals surface area contributed by atoms with Gasteiger partial charge in [0.15, 0.2) is 0 Å². The van der Waals surface area contributed by atoms with E-state index in [2.05, 4.69) is 15.2 Å². The summed E-state index contributed by atoms with van der Waals surface area (Å²) in [5.41, 5.74) is 0.374. The third kappa shape index (κ3) is 5.24. The molecule has 1 N–H and O–H groups in total. The SMILES string of the molecule is CN1CCc2cc(C(=O)c3cc(F)c(NC(=O)/C=C/CN4C[C@@H]5C[C@H]4CO5)c(F)c3)n3cccc(c23)-c2c(C(F)(F)F)cc3c(ncn3C)c21. The van der Waals surface area contributed by atoms with Gasteiger partial charge in [-0.15, -0.1) is 0 Å². The quantitative estimate of drug-likeness (QED) is 0.134. The number of rotatable bonds is 6. The number of benzene rings is 2. The van der Waals surface area contributed by atoms with Crippen molar-refractivity contribution >= 4 is 39.6 Å². The molecule has 3 aliphatic heterocycles. The number of halogens is 5. The van der Waals surface area contributed by atoms with Crippen LogP contribution in [0.25, 0.3) is 27.7 Å². The van der Waals surface area contributed by atoms with Gasteiger partial charge in [0.25, 0.3) is 0 Å². The maximum absolute atomic E-state index is 15.3. The second kappa shape index (κ2) is 11.8. The summed E-state index contributed by atoms with van der Waals surface area (Å²) in [5.74, 6) is -3.76. The summed E-state index contributed by atoms with van der Waals surface area (Å²) in [5, 5.41) is 2.22. The van der Waals surface area contributed by atoms with Gasteiger partial charge in [-0.2, -0.15) is 13.2 Å². The molecule has 0 radical (unpaired) electrons. The van der Waals surface area contributed by atoms with E-state index in [0.717, 1.165) is 31.2 Å². The van der Waals surface area contributed by atoms with Gasteiger partial charge in [-0.3, -0.25) is 14.5 Å². The van der Waals surface area contributed by atoms with Crippen LogP contribution in [-0.2, 0) is 29.2 Å². The van der Waals surface area contributed by atoms with Gasteiger partial charge in [0.1, 0.15) is 22.8 Å². The summed E-state index contributed by atoms with van der Waals surface area (Å²) in [7, 11) is 3.33. The predicted octanol–water partition coefficient (Wildman–Crippen LogP) is 5.98. The number of morpholine rings is 1. The molecule has 50 heavy (non-hydrogen) atoms. The molecule has 3 aliphatic rings. The number of carbonyl (C=O) groups is 2. The highest BCUT2D eigenvalue weighted by Gasteiger charge is 2.39. The molecule has 258 valence electrons. The molecule has 0 saturated carbocycles. The zero-order valence-corrected chi connectivity index (χ0v) is 27.0. The van der Waals surface area contributed by atoms with E-state index in [1.54, 1.807) is 43.4 Å². The molecule has 2 aromatic carbocycles. The van der Waals surface area contributed by atoms with Crippen LogP contribution in [0.4, 0.5) is 33.3 Å². The van der Waals surface area contributed by atoms with Crippen molar-refractivity contribution < 1.29 is 36.3 Å². The third-order valence-corrected chi connectivity index (χ3v) is 9.94. The molecule has 14 heteroatoms. The molecule has 8 rings (SSSR count). The number of nitrogens with zero attached hydrogens (tertiary/aromatic N) is 5. The second-order valence-corrected chi connectivity index (χ2v) is 13.1. The number of amides is 1. The lowest BCUT2D eigenvalue weighted by molar-refractivity contribution is -0.137. The summed E-state index contributed by atoms with van der Waals surface area (Å²) >= 11 is 0. The van der Waals surface area contributed by atoms with Crippen molar-refractivity contribution in [2.75, 3.05) is 43.5 Å². The maximum Gasteiger partial charge on any atom is 0.417 e. The van der Waals surface area contributed by atoms with Crippen molar-refractivity contribution in [3.63, 3.8) is 0 Å². The lowest BCUT2D eigenvalue weighted by atomic mass is 9.92. The Hall–Kier alpha value is -5.08. The number of ether oxygens (including phenoxy) is 1. The minimum atomic E-state index is -4.72. The van der Waals surface area contributed by atoms with Crippen molar-refractivity contribution in [2.45, 2.75) is 31.2 Å². The van der Waals surface area contributed by atoms with Crippen LogP contribution in [0.5, 0.6) is 0 Å². The number of carbonyl (C=O) groups excluding carboxylic acids is 2. The van der Waals surface area contributed by atoms with Crippen LogP contribution < -0.4 is 10.2 Å². The van der Waals surface area contributed by atoms with Gasteiger partial charge in [-0.25, -0.2) is 13.8 Å². The van der Waals surface area contributed by atoms with Gasteiger partial charge in [-0.05, 0) is 48.7 Å². The number of hydrogen-bond acceptors (Lipinski definition) is 6. The number of imidazole rings is 1. The van der Waals surface area contributed by atoms with Crippen LogP contribution in [0.2, 0.25) is 0 Å². The van der Waals surface area contributed by atoms with E-state index in [1.165, 1.54) is 27.4 Å². The number of ketones is 1. The molecule has 2 bridgehead atoms. The number of likely N-dealkylation sites (N-methyl/N-ethyl adjacent to an activating group) is 1. The summed E-state index contributed by atoms with van der Waals surface area (Å²) in [6.07, 6.45) is 2.64. The number of likely N-dealkylation sites (tertiary alicyclic amines) is 1. The number of pyridine rings is 1. The predicted molar refractivity (Wildman–Crippen MR) is 176 cm³/mol. The number of alkyl halides is 3. The number of anilines is 2. The molecule has 3 aromatic heterocycles. The van der Waals surface area contributed by atoms with E-state index in [4.69, 9.17) is 4.74 Å². The fourth-order valence-corrected chi connectivity index (χ4v) is 7.56. The molecule has 2 fully saturated rings. The standard InChI is InChI=1S/C36H31F5N6O3/c1-44-10-7-19-13-28(47-9-3-5-23(33(19)47)30-24(36(39,40)41)15-27-32(34(30)44)42-18-45(27)2)35(49)20-11-25(37)31(26(38)12-20)43-29(48)6-4-8-46-16-22-14-21(46)17-50-22/h3-6,9,11-13,15,18,21-22H,7-8,10,14,16-17H2,1-2H3,(H,43,48)/b6-4+/t21-,22-/m0/s1. The van der Waals surface area contributed by atoms with E-state index < -0.39 is 40.8 Å². The average molecular weight is 691 g/mol. The Morgan fingerprint density at radius 2 is 1.90 bits per heavy atom. The number of hydrogen-bond donors (Lipinski definition) is 1. The van der Waals surface area contributed by atoms with Crippen LogP contribution in [0, 0.1) is 11.6 Å². The molecule has 0 aliphatic carbocycles. The summed E-state index contributed by atoms with van der Waals surface area (Å²) < 4.78 is 83.4. The lowest BCUT2D eigenvalue weighted by Gasteiger charge is -2.28. The van der Waals surface area contributed by atoms with E-state index in [0.29, 0.717) is 60.0 Å². The van der Waals surface area contributed by atoms with Gasteiger partial charge in [0.2, 0.25) is 11.7 Å². The van der Waals surface area contributed by atoms with Gasteiger partial charge in [-0.1, -0.05) is 12.1 Å². The third-order valence-electron chi connectivity index (χ3n) is 9.94. The minimum Gasteiger partial charge on any atom is -0.375 e. The number of aryl methyl sites for hydroxylation is 1. The fourth-order valence-electron chi connectivity index (χ4n) is 7.56. The summed E-state index contributed by atoms with van der Waals surface area (Å²) in [6, 6.07) is 7.73. The van der Waals surface area contributed by atoms with Crippen LogP contribution in [0.1, 0.15) is 33.6 Å². The van der Waals surface area contributed by atoms with Crippen LogP contribution in [0.15, 0.2) is 61.1 Å². The van der Waals surface area contributed by atoms with Crippen molar-refractivity contribution in [1.29, 1.82) is 0 Å². The smallest absolute Gasteiger partial charge is 0.375 e. The fraction of sp³-hybridized carbons (Fsp3) is 0.306. The average Bonchev–Trinajstić information content (AvgIpc) is 3.87. The molecule has 9 nitrogen and oxygen atoms in total. The van der Waals surface area contributed by atoms with Crippen molar-refractivity contribution in [1.82, 2.24) is 18.9 Å². The summed E-state index contributed by atoms with van der Waals surface area (Å²) in [6.45, 7) is 2.22. The van der Waals surface area contributed by atoms with Gasteiger partial charge in [0, 0.05) is 68.7 Å². The van der Waals surface area contributed by atoms with Gasteiger partial charge < -0.3 is 23.9 Å². The molecule has 2 saturated heterocycles. The first kappa shape index (κ1) is 32.1. The van der Waals surface area contributed by atoms with Crippen LogP contribution in [-0.4, -0.2) is 76.0 Å². The zero-order valence-electron chi connectivity index (χ0n) is 27.0. The monoisotopic (exact) mass is 690 g/mol. The highest BCUT2D eigenvalue weighted by Crippen LogP contribution is 2.48. The molecule has 0 spiro atoms. The van der Waals surface area contributed by atoms with Crippen LogP contribution in [0.3, 0.4) is 0 Å². The van der Waals surface area contributed by atoms with E-state index in [-0.39, 0.29) is 28.5 Å². The maximum atomic E-state index is 15.3. The zero-order chi connectivity index (χ0) is 35.1. The molecular formula is C36H31F5N6O3. The molecule has 5 aromatic rings. The Bertz CT molecular complexity index is 2230. The highest BCUT2D eigenvalue weighted by atomic mass is 19.4. The first-order chi connectivity index (χ1) is 23.9. The first-order valence-corrected chi connectivity index (χ1v) is 16.2. The number of fused-ring (bicyclic) bond motifs is 6. The molecular weight excluding hydrogens is 659 g/mol. The Balaban J connectivity index is 1.14. The normalized spacial score (nSPS) is 19.1. The van der Waals surface area contributed by atoms with Crippen molar-refractivity contribution in [3.05, 3.63) is 95.1 Å². The Labute approximate surface area is 282 Å². The number of aromatic nitrogens is 3. The summed E-state index contributed by atoms with van der Waals surface area (Å²) in [4.78, 5) is 34.8. The van der Waals surface area contributed by atoms with E-state index >= 15 is 8.78 Å².